The molecular weight excluding hydrogens is 608 g/mol. The number of nitrogens with one attached hydrogen (secondary N) is 1. The summed E-state index contributed by atoms with van der Waals surface area (Å²) in [4.78, 5) is 51.9. The van der Waals surface area contributed by atoms with Crippen molar-refractivity contribution in [3.05, 3.63) is 82.1 Å². The van der Waals surface area contributed by atoms with Crippen LogP contribution in [0.5, 0.6) is 5.75 Å². The lowest BCUT2D eigenvalue weighted by Crippen LogP contribution is -2.62. The quantitative estimate of drug-likeness (QED) is 0.247. The van der Waals surface area contributed by atoms with Crippen LogP contribution in [-0.4, -0.2) is 61.5 Å². The number of anilines is 2. The van der Waals surface area contributed by atoms with E-state index in [4.69, 9.17) is 0 Å². The highest BCUT2D eigenvalue weighted by Crippen LogP contribution is 2.47. The molecule has 0 aliphatic carbocycles. The molecule has 0 radical (unpaired) electrons. The monoisotopic (exact) mass is 636 g/mol. The molecule has 10 nitrogen and oxygen atoms in total. The second-order valence-electron chi connectivity index (χ2n) is 11.6. The van der Waals surface area contributed by atoms with Gasteiger partial charge in [0.05, 0.1) is 40.1 Å². The summed E-state index contributed by atoms with van der Waals surface area (Å²) in [5.41, 5.74) is -3.74. The SMILES string of the molecule is C=CC(=O)N1CC(C)N2c3nc(=O)n(-c4c(C)ccnc4C(C)C)c4c(F)c(-c5c(O)ccc(F)c5F)c(F)c(c34)NC(=O)C2C1. The third-order valence-corrected chi connectivity index (χ3v) is 8.41. The van der Waals surface area contributed by atoms with Gasteiger partial charge in [-0.25, -0.2) is 22.4 Å². The lowest BCUT2D eigenvalue weighted by molar-refractivity contribution is -0.128. The van der Waals surface area contributed by atoms with E-state index in [2.05, 4.69) is 21.9 Å². The van der Waals surface area contributed by atoms with Crippen molar-refractivity contribution in [1.29, 1.82) is 0 Å². The minimum Gasteiger partial charge on any atom is -0.507 e. The number of halogens is 4. The summed E-state index contributed by atoms with van der Waals surface area (Å²) in [6.07, 6.45) is 2.58. The van der Waals surface area contributed by atoms with Crippen molar-refractivity contribution in [2.45, 2.75) is 45.7 Å². The van der Waals surface area contributed by atoms with Gasteiger partial charge in [0.2, 0.25) is 11.8 Å². The Hall–Kier alpha value is -5.27. The van der Waals surface area contributed by atoms with Crippen molar-refractivity contribution in [1.82, 2.24) is 19.4 Å². The Labute approximate surface area is 259 Å². The first-order valence-electron chi connectivity index (χ1n) is 14.4. The summed E-state index contributed by atoms with van der Waals surface area (Å²) >= 11 is 0. The molecule has 14 heteroatoms. The molecule has 4 heterocycles. The molecule has 6 rings (SSSR count). The van der Waals surface area contributed by atoms with Crippen molar-refractivity contribution in [3.63, 3.8) is 0 Å². The van der Waals surface area contributed by atoms with Crippen LogP contribution in [0, 0.1) is 30.2 Å². The Morgan fingerprint density at radius 1 is 1.09 bits per heavy atom. The minimum absolute atomic E-state index is 0.0564. The molecule has 2 aliphatic heterocycles. The molecule has 2 unspecified atom stereocenters. The average molecular weight is 637 g/mol. The Morgan fingerprint density at radius 2 is 1.80 bits per heavy atom. The number of phenolic OH excluding ortho intramolecular Hbond substituents is 1. The summed E-state index contributed by atoms with van der Waals surface area (Å²) < 4.78 is 64.4. The van der Waals surface area contributed by atoms with Gasteiger partial charge in [-0.3, -0.25) is 19.1 Å². The van der Waals surface area contributed by atoms with E-state index < -0.39 is 80.9 Å². The number of hydrogen-bond donors (Lipinski definition) is 2. The lowest BCUT2D eigenvalue weighted by atomic mass is 9.97. The van der Waals surface area contributed by atoms with Crippen LogP contribution >= 0.6 is 0 Å². The number of aryl methyl sites for hydroxylation is 1. The molecule has 1 saturated heterocycles. The number of rotatable bonds is 4. The van der Waals surface area contributed by atoms with Gasteiger partial charge in [-0.2, -0.15) is 4.98 Å². The number of amides is 2. The van der Waals surface area contributed by atoms with Crippen molar-refractivity contribution in [2.75, 3.05) is 23.3 Å². The van der Waals surface area contributed by atoms with Gasteiger partial charge in [-0.1, -0.05) is 20.4 Å². The zero-order chi connectivity index (χ0) is 33.4. The van der Waals surface area contributed by atoms with Crippen LogP contribution in [0.25, 0.3) is 27.7 Å². The number of carbonyl (C=O) groups excluding carboxylic acids is 2. The summed E-state index contributed by atoms with van der Waals surface area (Å²) in [6.45, 7) is 10.2. The summed E-state index contributed by atoms with van der Waals surface area (Å²) in [6, 6.07) is 0.981. The Morgan fingerprint density at radius 3 is 2.48 bits per heavy atom. The normalized spacial score (nSPS) is 17.6. The van der Waals surface area contributed by atoms with Gasteiger partial charge in [0.1, 0.15) is 23.1 Å². The number of aromatic hydroxyl groups is 1. The van der Waals surface area contributed by atoms with Gasteiger partial charge < -0.3 is 20.2 Å². The summed E-state index contributed by atoms with van der Waals surface area (Å²) in [5.74, 6) is -9.17. The van der Waals surface area contributed by atoms with Gasteiger partial charge in [0.25, 0.3) is 0 Å². The van der Waals surface area contributed by atoms with E-state index in [9.17, 15) is 23.9 Å². The summed E-state index contributed by atoms with van der Waals surface area (Å²) in [7, 11) is 0. The topological polar surface area (TPSA) is 121 Å². The number of piperazine rings is 1. The van der Waals surface area contributed by atoms with Crippen molar-refractivity contribution in [2.24, 2.45) is 0 Å². The first-order valence-corrected chi connectivity index (χ1v) is 14.4. The predicted molar refractivity (Wildman–Crippen MR) is 162 cm³/mol. The minimum atomic E-state index is -1.75. The number of pyridine rings is 1. The number of fused-ring (bicyclic) bond motifs is 2. The van der Waals surface area contributed by atoms with E-state index in [1.807, 2.05) is 0 Å². The smallest absolute Gasteiger partial charge is 0.354 e. The lowest BCUT2D eigenvalue weighted by Gasteiger charge is -2.44. The molecular formula is C32H28F4N6O4. The molecule has 0 saturated carbocycles. The number of aromatic nitrogens is 3. The Kier molecular flexibility index (Phi) is 7.33. The maximum Gasteiger partial charge on any atom is 0.354 e. The van der Waals surface area contributed by atoms with Gasteiger partial charge in [0.15, 0.2) is 23.3 Å². The summed E-state index contributed by atoms with van der Waals surface area (Å²) in [5, 5.41) is 12.7. The van der Waals surface area contributed by atoms with Crippen LogP contribution in [0.2, 0.25) is 0 Å². The molecule has 2 N–H and O–H groups in total. The fourth-order valence-corrected chi connectivity index (χ4v) is 6.36. The fraction of sp³-hybridized carbons (Fsp3) is 0.281. The molecule has 46 heavy (non-hydrogen) atoms. The highest BCUT2D eigenvalue weighted by atomic mass is 19.2. The second-order valence-corrected chi connectivity index (χ2v) is 11.6. The van der Waals surface area contributed by atoms with Crippen molar-refractivity contribution < 1.29 is 32.3 Å². The van der Waals surface area contributed by atoms with Gasteiger partial charge in [0, 0.05) is 18.8 Å². The van der Waals surface area contributed by atoms with Crippen LogP contribution in [0.4, 0.5) is 29.1 Å². The Balaban J connectivity index is 1.82. The second kappa shape index (κ2) is 11.0. The van der Waals surface area contributed by atoms with Crippen LogP contribution in [0.3, 0.4) is 0 Å². The van der Waals surface area contributed by atoms with Gasteiger partial charge in [-0.05, 0) is 49.6 Å². The molecule has 2 aromatic heterocycles. The molecule has 0 bridgehead atoms. The molecule has 1 fully saturated rings. The van der Waals surface area contributed by atoms with Crippen LogP contribution in [0.15, 0.2) is 41.8 Å². The number of nitrogens with zero attached hydrogens (tertiary/aromatic N) is 5. The van der Waals surface area contributed by atoms with E-state index >= 15 is 13.2 Å². The number of hydrogen-bond acceptors (Lipinski definition) is 7. The first-order chi connectivity index (χ1) is 21.8. The zero-order valence-corrected chi connectivity index (χ0v) is 25.2. The first kappa shape index (κ1) is 30.7. The molecule has 2 atom stereocenters. The van der Waals surface area contributed by atoms with Crippen molar-refractivity contribution >= 4 is 34.2 Å². The van der Waals surface area contributed by atoms with Gasteiger partial charge >= 0.3 is 5.69 Å². The standard InChI is InChI=1S/C32H28F4N6O4/c1-6-19(44)40-11-15(5)41-17(12-40)31(45)38-27-22-29(25(36)21(24(27)35)20-18(43)8-7-16(33)23(20)34)42(32(46)39-30(22)41)28-14(4)9-10-37-26(28)13(2)3/h6-10,13,15,17,43H,1,11-12H2,2-5H3,(H,38,45). The number of benzene rings is 2. The van der Waals surface area contributed by atoms with Gasteiger partial charge in [-0.15, -0.1) is 0 Å². The molecule has 2 aliphatic rings. The van der Waals surface area contributed by atoms with E-state index in [0.717, 1.165) is 16.7 Å². The van der Waals surface area contributed by atoms with E-state index in [-0.39, 0.29) is 35.9 Å². The number of carbonyl (C=O) groups is 2. The van der Waals surface area contributed by atoms with Crippen LogP contribution in [-0.2, 0) is 9.59 Å². The zero-order valence-electron chi connectivity index (χ0n) is 25.2. The van der Waals surface area contributed by atoms with Crippen LogP contribution in [0.1, 0.15) is 37.9 Å². The third-order valence-electron chi connectivity index (χ3n) is 8.41. The molecule has 238 valence electrons. The molecule has 4 aromatic rings. The van der Waals surface area contributed by atoms with E-state index in [1.165, 1.54) is 16.0 Å². The Bertz CT molecular complexity index is 2060. The highest BCUT2D eigenvalue weighted by Gasteiger charge is 2.44. The maximum atomic E-state index is 17.1. The highest BCUT2D eigenvalue weighted by molar-refractivity contribution is 6.13. The average Bonchev–Trinajstić information content (AvgIpc) is 3.13. The maximum absolute atomic E-state index is 17.1. The number of phenols is 1. The third kappa shape index (κ3) is 4.42. The van der Waals surface area contributed by atoms with E-state index in [1.54, 1.807) is 33.8 Å². The molecule has 2 aromatic carbocycles. The largest absolute Gasteiger partial charge is 0.507 e. The molecule has 2 amide bonds. The molecule has 0 spiro atoms. The predicted octanol–water partition coefficient (Wildman–Crippen LogP) is 4.69. The fourth-order valence-electron chi connectivity index (χ4n) is 6.36. The van der Waals surface area contributed by atoms with E-state index in [0.29, 0.717) is 17.3 Å². The van der Waals surface area contributed by atoms with Crippen molar-refractivity contribution in [3.8, 4) is 22.6 Å². The van der Waals surface area contributed by atoms with Crippen LogP contribution < -0.4 is 15.9 Å².